The molecule has 0 aliphatic carbocycles. The van der Waals surface area contributed by atoms with Crippen molar-refractivity contribution >= 4 is 31.6 Å². The lowest BCUT2D eigenvalue weighted by molar-refractivity contribution is 0.284. The van der Waals surface area contributed by atoms with Crippen LogP contribution in [0.2, 0.25) is 0 Å². The van der Waals surface area contributed by atoms with E-state index in [2.05, 4.69) is 14.4 Å². The van der Waals surface area contributed by atoms with Crippen molar-refractivity contribution in [1.29, 1.82) is 0 Å². The predicted molar refractivity (Wildman–Crippen MR) is 89.9 cm³/mol. The minimum Gasteiger partial charge on any atom is -0.508 e. The molecule has 26 heavy (non-hydrogen) atoms. The van der Waals surface area contributed by atoms with Crippen LogP contribution in [0.1, 0.15) is 0 Å². The van der Waals surface area contributed by atoms with Crippen molar-refractivity contribution < 1.29 is 35.8 Å². The highest BCUT2D eigenvalue weighted by Crippen LogP contribution is 2.31. The summed E-state index contributed by atoms with van der Waals surface area (Å²) < 4.78 is 57.3. The number of rotatable bonds is 7. The van der Waals surface area contributed by atoms with Gasteiger partial charge in [0.25, 0.3) is 0 Å². The second-order valence-electron chi connectivity index (χ2n) is 4.94. The van der Waals surface area contributed by atoms with E-state index >= 15 is 0 Å². The molecule has 0 saturated carbocycles. The Kier molecular flexibility index (Phi) is 5.92. The van der Waals surface area contributed by atoms with Crippen LogP contribution < -0.4 is 0 Å². The van der Waals surface area contributed by atoms with Gasteiger partial charge >= 0.3 is 10.4 Å². The van der Waals surface area contributed by atoms with Crippen molar-refractivity contribution in [2.45, 2.75) is 4.90 Å². The third-order valence-corrected chi connectivity index (χ3v) is 5.17. The normalized spacial score (nSPS) is 12.5. The van der Waals surface area contributed by atoms with Gasteiger partial charge < -0.3 is 10.2 Å². The van der Waals surface area contributed by atoms with E-state index in [1.165, 1.54) is 36.4 Å². The molecule has 0 aliphatic rings. The van der Waals surface area contributed by atoms with Gasteiger partial charge in [-0.2, -0.15) is 13.5 Å². The van der Waals surface area contributed by atoms with Crippen molar-refractivity contribution in [2.75, 3.05) is 12.4 Å². The monoisotopic (exact) mass is 402 g/mol. The molecule has 0 saturated heterocycles. The number of phenolic OH excluding ortho intramolecular Hbond substituents is 2. The molecule has 140 valence electrons. The van der Waals surface area contributed by atoms with Crippen molar-refractivity contribution in [2.24, 2.45) is 10.2 Å². The number of nitrogens with zero attached hydrogens (tertiary/aromatic N) is 2. The minimum absolute atomic E-state index is 0.0946. The molecule has 0 atom stereocenters. The minimum atomic E-state index is -4.70. The topological polar surface area (TPSA) is 163 Å². The van der Waals surface area contributed by atoms with E-state index in [4.69, 9.17) is 4.55 Å². The molecule has 0 aromatic heterocycles. The summed E-state index contributed by atoms with van der Waals surface area (Å²) in [6, 6.07) is 8.97. The van der Waals surface area contributed by atoms with Gasteiger partial charge in [-0.3, -0.25) is 4.55 Å². The molecule has 12 heteroatoms. The van der Waals surface area contributed by atoms with E-state index in [0.29, 0.717) is 5.69 Å². The molecule has 2 aromatic carbocycles. The molecule has 0 spiro atoms. The highest BCUT2D eigenvalue weighted by Gasteiger charge is 2.16. The summed E-state index contributed by atoms with van der Waals surface area (Å²) in [5.74, 6) is -1.05. The maximum atomic E-state index is 12.0. The number of phenols is 2. The number of aromatic hydroxyl groups is 2. The first-order chi connectivity index (χ1) is 12.1. The molecule has 0 aliphatic heterocycles. The number of hydrogen-bond donors (Lipinski definition) is 3. The predicted octanol–water partition coefficient (Wildman–Crippen LogP) is 2.11. The lowest BCUT2D eigenvalue weighted by atomic mass is 10.3. The fourth-order valence-corrected chi connectivity index (χ4v) is 3.28. The molecular weight excluding hydrogens is 388 g/mol. The van der Waals surface area contributed by atoms with Crippen LogP contribution in [0.4, 0.5) is 11.4 Å². The first-order valence-electron chi connectivity index (χ1n) is 6.95. The maximum Gasteiger partial charge on any atom is 0.397 e. The zero-order chi connectivity index (χ0) is 19.4. The molecule has 0 unspecified atom stereocenters. The summed E-state index contributed by atoms with van der Waals surface area (Å²) in [6.45, 7) is -0.719. The standard InChI is InChI=1S/C14H14N2O8S2/c17-11-3-6-13(14(18)9-11)16-15-10-1-4-12(5-2-10)25(19,20)8-7-24-26(21,22)23/h1-6,9,17-18H,7-8H2,(H,21,22,23). The third kappa shape index (κ3) is 5.77. The van der Waals surface area contributed by atoms with E-state index in [1.54, 1.807) is 0 Å². The fourth-order valence-electron chi connectivity index (χ4n) is 1.80. The van der Waals surface area contributed by atoms with Crippen LogP contribution in [0.3, 0.4) is 0 Å². The largest absolute Gasteiger partial charge is 0.508 e. The first-order valence-corrected chi connectivity index (χ1v) is 9.97. The molecule has 2 aromatic rings. The fraction of sp³-hybridized carbons (Fsp3) is 0.143. The number of azo groups is 1. The van der Waals surface area contributed by atoms with Crippen molar-refractivity contribution in [3.05, 3.63) is 42.5 Å². The van der Waals surface area contributed by atoms with Gasteiger partial charge in [0, 0.05) is 6.07 Å². The van der Waals surface area contributed by atoms with Gasteiger partial charge in [-0.15, -0.1) is 5.11 Å². The number of hydrogen-bond acceptors (Lipinski definition) is 9. The van der Waals surface area contributed by atoms with Crippen LogP contribution in [0.5, 0.6) is 11.5 Å². The van der Waals surface area contributed by atoms with Crippen LogP contribution in [0.15, 0.2) is 57.6 Å². The second-order valence-corrected chi connectivity index (χ2v) is 8.14. The summed E-state index contributed by atoms with van der Waals surface area (Å²) in [6.07, 6.45) is 0. The third-order valence-electron chi connectivity index (χ3n) is 3.01. The summed E-state index contributed by atoms with van der Waals surface area (Å²) in [7, 11) is -8.52. The van der Waals surface area contributed by atoms with Gasteiger partial charge in [-0.05, 0) is 36.4 Å². The smallest absolute Gasteiger partial charge is 0.397 e. The number of benzene rings is 2. The zero-order valence-electron chi connectivity index (χ0n) is 13.0. The Morgan fingerprint density at radius 3 is 2.15 bits per heavy atom. The first kappa shape index (κ1) is 19.8. The molecule has 0 bridgehead atoms. The van der Waals surface area contributed by atoms with E-state index in [1.807, 2.05) is 0 Å². The quantitative estimate of drug-likeness (QED) is 0.468. The molecule has 10 nitrogen and oxygen atoms in total. The lowest BCUT2D eigenvalue weighted by Gasteiger charge is -2.04. The Hall–Kier alpha value is -2.54. The van der Waals surface area contributed by atoms with Gasteiger partial charge in [-0.25, -0.2) is 12.6 Å². The second kappa shape index (κ2) is 7.78. The van der Waals surface area contributed by atoms with E-state index in [-0.39, 0.29) is 22.1 Å². The SMILES string of the molecule is O=S(=O)(O)OCCS(=O)(=O)c1ccc(N=Nc2ccc(O)cc2O)cc1. The van der Waals surface area contributed by atoms with Crippen LogP contribution in [0, 0.1) is 0 Å². The van der Waals surface area contributed by atoms with Gasteiger partial charge in [0.05, 0.1) is 22.9 Å². The summed E-state index contributed by atoms with van der Waals surface area (Å²) in [5.41, 5.74) is 0.410. The maximum absolute atomic E-state index is 12.0. The average Bonchev–Trinajstić information content (AvgIpc) is 2.53. The summed E-state index contributed by atoms with van der Waals surface area (Å²) in [5, 5.41) is 26.4. The van der Waals surface area contributed by atoms with Crippen LogP contribution in [-0.4, -0.2) is 44.0 Å². The highest BCUT2D eigenvalue weighted by atomic mass is 32.3. The van der Waals surface area contributed by atoms with Crippen LogP contribution in [0.25, 0.3) is 0 Å². The lowest BCUT2D eigenvalue weighted by Crippen LogP contribution is -2.15. The molecule has 0 radical (unpaired) electrons. The van der Waals surface area contributed by atoms with E-state index < -0.39 is 32.6 Å². The van der Waals surface area contributed by atoms with Crippen LogP contribution in [-0.2, 0) is 24.4 Å². The molecule has 0 heterocycles. The Labute approximate surface area is 149 Å². The molecule has 3 N–H and O–H groups in total. The molecular formula is C14H14N2O8S2. The zero-order valence-corrected chi connectivity index (χ0v) is 14.7. The average molecular weight is 402 g/mol. The summed E-state index contributed by atoms with van der Waals surface area (Å²) >= 11 is 0. The van der Waals surface area contributed by atoms with Gasteiger partial charge in [0.1, 0.15) is 17.2 Å². The Balaban J connectivity index is 2.08. The Morgan fingerprint density at radius 2 is 1.58 bits per heavy atom. The Bertz CT molecular complexity index is 1020. The number of sulfone groups is 1. The van der Waals surface area contributed by atoms with Crippen molar-refractivity contribution in [3.63, 3.8) is 0 Å². The van der Waals surface area contributed by atoms with Gasteiger partial charge in [0.2, 0.25) is 0 Å². The molecule has 0 amide bonds. The van der Waals surface area contributed by atoms with E-state index in [9.17, 15) is 27.0 Å². The van der Waals surface area contributed by atoms with E-state index in [0.717, 1.165) is 6.07 Å². The van der Waals surface area contributed by atoms with Gasteiger partial charge in [-0.1, -0.05) is 0 Å². The van der Waals surface area contributed by atoms with Crippen LogP contribution >= 0.6 is 0 Å². The Morgan fingerprint density at radius 1 is 0.923 bits per heavy atom. The molecule has 2 rings (SSSR count). The highest BCUT2D eigenvalue weighted by molar-refractivity contribution is 7.91. The van der Waals surface area contributed by atoms with Gasteiger partial charge in [0.15, 0.2) is 9.84 Å². The molecule has 0 fully saturated rings. The van der Waals surface area contributed by atoms with Crippen molar-refractivity contribution in [1.82, 2.24) is 0 Å². The van der Waals surface area contributed by atoms with Crippen molar-refractivity contribution in [3.8, 4) is 11.5 Å². The summed E-state index contributed by atoms with van der Waals surface area (Å²) in [4.78, 5) is -0.0946.